The van der Waals surface area contributed by atoms with Crippen LogP contribution in [0.3, 0.4) is 0 Å². The molecule has 0 aliphatic carbocycles. The van der Waals surface area contributed by atoms with Gasteiger partial charge < -0.3 is 9.84 Å². The molecule has 0 aliphatic heterocycles. The molecule has 0 unspecified atom stereocenters. The molecule has 0 spiro atoms. The summed E-state index contributed by atoms with van der Waals surface area (Å²) in [6.07, 6.45) is 0. The summed E-state index contributed by atoms with van der Waals surface area (Å²) in [5, 5.41) is 10.6. The number of halogens is 1. The van der Waals surface area contributed by atoms with Gasteiger partial charge in [-0.25, -0.2) is 13.8 Å². The maximum atomic E-state index is 13.0. The standard InChI is InChI=1S/C19H16FN3O4/c1-11(21-13-5-3-12(20)4-6-13)16-17(24)22-19(26)23(18(16)25)14-7-9-15(27-2)10-8-14/h3-10,25H,1-2H3,(H,22,24,26). The van der Waals surface area contributed by atoms with Crippen molar-refractivity contribution in [1.29, 1.82) is 0 Å². The van der Waals surface area contributed by atoms with Crippen molar-refractivity contribution in [2.45, 2.75) is 6.92 Å². The van der Waals surface area contributed by atoms with Crippen molar-refractivity contribution >= 4 is 11.4 Å². The number of methoxy groups -OCH3 is 1. The highest BCUT2D eigenvalue weighted by molar-refractivity contribution is 6.01. The molecule has 0 aliphatic rings. The van der Waals surface area contributed by atoms with Gasteiger partial charge in [0.15, 0.2) is 0 Å². The fraction of sp³-hybridized carbons (Fsp3) is 0.105. The highest BCUT2D eigenvalue weighted by Crippen LogP contribution is 2.21. The Morgan fingerprint density at radius 3 is 2.33 bits per heavy atom. The van der Waals surface area contributed by atoms with Crippen molar-refractivity contribution < 1.29 is 14.2 Å². The zero-order chi connectivity index (χ0) is 19.6. The molecule has 0 atom stereocenters. The zero-order valence-corrected chi connectivity index (χ0v) is 14.6. The molecule has 2 aromatic carbocycles. The quantitative estimate of drug-likeness (QED) is 0.691. The molecule has 0 bridgehead atoms. The SMILES string of the molecule is COc1ccc(-n2c(O)c(C(C)=Nc3ccc(F)cc3)c(=O)[nH]c2=O)cc1. The van der Waals surface area contributed by atoms with Crippen molar-refractivity contribution in [3.63, 3.8) is 0 Å². The maximum Gasteiger partial charge on any atom is 0.335 e. The van der Waals surface area contributed by atoms with E-state index in [1.807, 2.05) is 0 Å². The summed E-state index contributed by atoms with van der Waals surface area (Å²) in [7, 11) is 1.51. The first-order valence-electron chi connectivity index (χ1n) is 7.94. The highest BCUT2D eigenvalue weighted by atomic mass is 19.1. The van der Waals surface area contributed by atoms with Crippen molar-refractivity contribution in [3.8, 4) is 17.3 Å². The van der Waals surface area contributed by atoms with E-state index in [0.717, 1.165) is 4.57 Å². The lowest BCUT2D eigenvalue weighted by Crippen LogP contribution is -2.32. The average Bonchev–Trinajstić information content (AvgIpc) is 2.64. The number of nitrogens with zero attached hydrogens (tertiary/aromatic N) is 2. The van der Waals surface area contributed by atoms with E-state index in [4.69, 9.17) is 4.74 Å². The molecule has 27 heavy (non-hydrogen) atoms. The molecule has 0 amide bonds. The van der Waals surface area contributed by atoms with Gasteiger partial charge in [0.25, 0.3) is 5.56 Å². The maximum absolute atomic E-state index is 13.0. The molecule has 0 saturated heterocycles. The van der Waals surface area contributed by atoms with Gasteiger partial charge in [-0.05, 0) is 55.5 Å². The number of rotatable bonds is 4. The smallest absolute Gasteiger partial charge is 0.335 e. The van der Waals surface area contributed by atoms with Crippen LogP contribution in [0, 0.1) is 5.82 Å². The molecule has 0 fully saturated rings. The Labute approximate surface area is 153 Å². The second-order valence-corrected chi connectivity index (χ2v) is 5.66. The summed E-state index contributed by atoms with van der Waals surface area (Å²) in [6, 6.07) is 11.7. The zero-order valence-electron chi connectivity index (χ0n) is 14.6. The Bertz CT molecular complexity index is 1110. The number of aromatic nitrogens is 2. The largest absolute Gasteiger partial charge is 0.497 e. The first-order chi connectivity index (χ1) is 12.9. The van der Waals surface area contributed by atoms with E-state index in [-0.39, 0.29) is 11.3 Å². The summed E-state index contributed by atoms with van der Waals surface area (Å²) in [5.74, 6) is -0.386. The van der Waals surface area contributed by atoms with Crippen LogP contribution in [0.2, 0.25) is 0 Å². The third kappa shape index (κ3) is 3.64. The van der Waals surface area contributed by atoms with E-state index in [1.165, 1.54) is 38.3 Å². The van der Waals surface area contributed by atoms with Crippen molar-refractivity contribution in [2.24, 2.45) is 4.99 Å². The van der Waals surface area contributed by atoms with Crippen LogP contribution in [0.15, 0.2) is 63.1 Å². The van der Waals surface area contributed by atoms with Crippen LogP contribution in [-0.2, 0) is 0 Å². The Hall–Kier alpha value is -3.68. The molecule has 3 rings (SSSR count). The molecule has 138 valence electrons. The summed E-state index contributed by atoms with van der Waals surface area (Å²) < 4.78 is 19.1. The van der Waals surface area contributed by atoms with Crippen molar-refractivity contribution in [1.82, 2.24) is 9.55 Å². The van der Waals surface area contributed by atoms with Crippen molar-refractivity contribution in [3.05, 3.63) is 80.7 Å². The van der Waals surface area contributed by atoms with Crippen LogP contribution < -0.4 is 16.0 Å². The van der Waals surface area contributed by atoms with Crippen LogP contribution in [0.5, 0.6) is 11.6 Å². The fourth-order valence-electron chi connectivity index (χ4n) is 2.59. The Kier molecular flexibility index (Phi) is 4.89. The van der Waals surface area contributed by atoms with Gasteiger partial charge in [0.05, 0.1) is 24.2 Å². The van der Waals surface area contributed by atoms with Crippen molar-refractivity contribution in [2.75, 3.05) is 7.11 Å². The minimum absolute atomic E-state index is 0.158. The molecular weight excluding hydrogens is 353 g/mol. The predicted octanol–water partition coefficient (Wildman–Crippen LogP) is 2.52. The number of aromatic amines is 1. The minimum Gasteiger partial charge on any atom is -0.497 e. The van der Waals surface area contributed by atoms with Crippen LogP contribution >= 0.6 is 0 Å². The minimum atomic E-state index is -0.791. The van der Waals surface area contributed by atoms with Gasteiger partial charge in [-0.3, -0.25) is 14.8 Å². The molecule has 7 nitrogen and oxygen atoms in total. The topological polar surface area (TPSA) is 96.7 Å². The lowest BCUT2D eigenvalue weighted by atomic mass is 10.2. The first kappa shape index (κ1) is 18.1. The molecule has 3 aromatic rings. The van der Waals surface area contributed by atoms with Gasteiger partial charge in [0, 0.05) is 0 Å². The number of aliphatic imine (C=N–C) groups is 1. The number of aromatic hydroxyl groups is 1. The van der Waals surface area contributed by atoms with E-state index < -0.39 is 22.9 Å². The molecule has 1 heterocycles. The Morgan fingerprint density at radius 2 is 1.74 bits per heavy atom. The second kappa shape index (κ2) is 7.28. The van der Waals surface area contributed by atoms with Crippen LogP contribution in [-0.4, -0.2) is 27.5 Å². The van der Waals surface area contributed by atoms with Gasteiger partial charge in [-0.2, -0.15) is 0 Å². The normalized spacial score (nSPS) is 11.4. The summed E-state index contributed by atoms with van der Waals surface area (Å²) in [5.41, 5.74) is -0.815. The van der Waals surface area contributed by atoms with Gasteiger partial charge in [0.1, 0.15) is 17.1 Å². The fourth-order valence-corrected chi connectivity index (χ4v) is 2.59. The third-order valence-corrected chi connectivity index (χ3v) is 3.90. The molecule has 8 heteroatoms. The van der Waals surface area contributed by atoms with E-state index in [2.05, 4.69) is 9.98 Å². The van der Waals surface area contributed by atoms with E-state index in [0.29, 0.717) is 17.1 Å². The molecular formula is C19H16FN3O4. The number of hydrogen-bond donors (Lipinski definition) is 2. The average molecular weight is 369 g/mol. The number of ether oxygens (including phenoxy) is 1. The van der Waals surface area contributed by atoms with E-state index >= 15 is 0 Å². The number of H-pyrrole nitrogens is 1. The van der Waals surface area contributed by atoms with E-state index in [9.17, 15) is 19.1 Å². The summed E-state index contributed by atoms with van der Waals surface area (Å²) in [6.45, 7) is 1.51. The van der Waals surface area contributed by atoms with E-state index in [1.54, 1.807) is 24.3 Å². The predicted molar refractivity (Wildman–Crippen MR) is 99.1 cm³/mol. The monoisotopic (exact) mass is 369 g/mol. The molecule has 1 aromatic heterocycles. The summed E-state index contributed by atoms with van der Waals surface area (Å²) >= 11 is 0. The number of nitrogens with one attached hydrogen (secondary N) is 1. The Morgan fingerprint density at radius 1 is 1.11 bits per heavy atom. The number of benzene rings is 2. The third-order valence-electron chi connectivity index (χ3n) is 3.90. The lowest BCUT2D eigenvalue weighted by Gasteiger charge is -2.12. The highest BCUT2D eigenvalue weighted by Gasteiger charge is 2.18. The lowest BCUT2D eigenvalue weighted by molar-refractivity contribution is 0.414. The van der Waals surface area contributed by atoms with Gasteiger partial charge >= 0.3 is 5.69 Å². The van der Waals surface area contributed by atoms with Crippen LogP contribution in [0.1, 0.15) is 12.5 Å². The van der Waals surface area contributed by atoms with Crippen LogP contribution in [0.25, 0.3) is 5.69 Å². The molecule has 0 saturated carbocycles. The second-order valence-electron chi connectivity index (χ2n) is 5.66. The number of hydrogen-bond acceptors (Lipinski definition) is 5. The first-order valence-corrected chi connectivity index (χ1v) is 7.94. The van der Waals surface area contributed by atoms with Gasteiger partial charge in [-0.1, -0.05) is 0 Å². The summed E-state index contributed by atoms with van der Waals surface area (Å²) in [4.78, 5) is 30.9. The van der Waals surface area contributed by atoms with Crippen LogP contribution in [0.4, 0.5) is 10.1 Å². The van der Waals surface area contributed by atoms with Gasteiger partial charge in [0.2, 0.25) is 5.88 Å². The molecule has 2 N–H and O–H groups in total. The Balaban J connectivity index is 2.14. The van der Waals surface area contributed by atoms with Gasteiger partial charge in [-0.15, -0.1) is 0 Å². The molecule has 0 radical (unpaired) electrons.